The van der Waals surface area contributed by atoms with Crippen LogP contribution in [0.3, 0.4) is 0 Å². The molecule has 0 aromatic carbocycles. The minimum atomic E-state index is -2.70. The molecule has 0 unspecified atom stereocenters. The molecule has 0 aromatic rings. The Balaban J connectivity index is 2.48. The lowest BCUT2D eigenvalue weighted by molar-refractivity contribution is -0.140. The molecule has 1 fully saturated rings. The van der Waals surface area contributed by atoms with Crippen molar-refractivity contribution in [2.45, 2.75) is 25.7 Å². The summed E-state index contributed by atoms with van der Waals surface area (Å²) in [5, 5.41) is 8.53. The first-order valence-electron chi connectivity index (χ1n) is 4.71. The molecule has 0 aromatic heterocycles. The quantitative estimate of drug-likeness (QED) is 0.761. The van der Waals surface area contributed by atoms with Gasteiger partial charge in [0.15, 0.2) is 0 Å². The number of rotatable bonds is 3. The largest absolute Gasteiger partial charge is 0.480 e. The molecule has 1 atom stereocenters. The van der Waals surface area contributed by atoms with E-state index < -0.39 is 17.8 Å². The van der Waals surface area contributed by atoms with Crippen molar-refractivity contribution in [1.29, 1.82) is 0 Å². The van der Waals surface area contributed by atoms with Gasteiger partial charge in [-0.15, -0.1) is 0 Å². The van der Waals surface area contributed by atoms with Crippen molar-refractivity contribution in [3.05, 3.63) is 0 Å². The van der Waals surface area contributed by atoms with Gasteiger partial charge in [-0.05, 0) is 26.3 Å². The average molecular weight is 207 g/mol. The van der Waals surface area contributed by atoms with Gasteiger partial charge in [-0.3, -0.25) is 9.69 Å². The van der Waals surface area contributed by atoms with Crippen molar-refractivity contribution >= 4 is 5.97 Å². The maximum atomic E-state index is 12.9. The molecule has 1 rings (SSSR count). The number of carbonyl (C=O) groups is 1. The fourth-order valence-electron chi connectivity index (χ4n) is 1.80. The lowest BCUT2D eigenvalue weighted by Crippen LogP contribution is -2.44. The van der Waals surface area contributed by atoms with Crippen LogP contribution in [0, 0.1) is 5.92 Å². The summed E-state index contributed by atoms with van der Waals surface area (Å²) in [7, 11) is 0. The number of carboxylic acid groups (broad SMARTS) is 1. The molecule has 0 saturated carbocycles. The third kappa shape index (κ3) is 3.21. The first-order chi connectivity index (χ1) is 6.39. The fourth-order valence-corrected chi connectivity index (χ4v) is 1.80. The van der Waals surface area contributed by atoms with Gasteiger partial charge >= 0.3 is 5.97 Å². The third-order valence-corrected chi connectivity index (χ3v) is 2.58. The number of alkyl halides is 2. The molecule has 0 aliphatic carbocycles. The number of likely N-dealkylation sites (tertiary alicyclic amines) is 1. The Morgan fingerprint density at radius 3 is 2.79 bits per heavy atom. The van der Waals surface area contributed by atoms with Gasteiger partial charge in [-0.25, -0.2) is 8.78 Å². The Morgan fingerprint density at radius 1 is 1.64 bits per heavy atom. The van der Waals surface area contributed by atoms with Crippen molar-refractivity contribution < 1.29 is 18.7 Å². The molecule has 14 heavy (non-hydrogen) atoms. The van der Waals surface area contributed by atoms with Crippen LogP contribution in [-0.4, -0.2) is 41.5 Å². The van der Waals surface area contributed by atoms with Gasteiger partial charge in [0.1, 0.15) is 0 Å². The van der Waals surface area contributed by atoms with E-state index in [9.17, 15) is 13.6 Å². The molecule has 3 nitrogen and oxygen atoms in total. The van der Waals surface area contributed by atoms with Gasteiger partial charge in [0.05, 0.1) is 6.54 Å². The van der Waals surface area contributed by atoms with Crippen molar-refractivity contribution in [3.8, 4) is 0 Å². The van der Waals surface area contributed by atoms with Crippen molar-refractivity contribution in [2.24, 2.45) is 5.92 Å². The van der Waals surface area contributed by atoms with Gasteiger partial charge in [0.25, 0.3) is 0 Å². The number of aliphatic carboxylic acids is 1. The Kier molecular flexibility index (Phi) is 3.42. The average Bonchev–Trinajstić information content (AvgIpc) is 2.01. The second-order valence-electron chi connectivity index (χ2n) is 3.92. The van der Waals surface area contributed by atoms with Crippen LogP contribution < -0.4 is 0 Å². The highest BCUT2D eigenvalue weighted by Gasteiger charge is 2.37. The Morgan fingerprint density at radius 2 is 2.29 bits per heavy atom. The minimum Gasteiger partial charge on any atom is -0.480 e. The summed E-state index contributed by atoms with van der Waals surface area (Å²) in [6, 6.07) is 0. The SMILES string of the molecule is CC(F)(F)[C@H]1CCCN(CC(=O)O)C1. The van der Waals surface area contributed by atoms with Crippen LogP contribution >= 0.6 is 0 Å². The molecule has 1 aliphatic heterocycles. The number of hydrogen-bond donors (Lipinski definition) is 1. The van der Waals surface area contributed by atoms with E-state index in [-0.39, 0.29) is 13.1 Å². The van der Waals surface area contributed by atoms with Crippen LogP contribution in [0.2, 0.25) is 0 Å². The zero-order chi connectivity index (χ0) is 10.8. The number of piperidine rings is 1. The third-order valence-electron chi connectivity index (χ3n) is 2.58. The smallest absolute Gasteiger partial charge is 0.317 e. The number of nitrogens with zero attached hydrogens (tertiary/aromatic N) is 1. The highest BCUT2D eigenvalue weighted by Crippen LogP contribution is 2.31. The highest BCUT2D eigenvalue weighted by molar-refractivity contribution is 5.69. The second-order valence-corrected chi connectivity index (χ2v) is 3.92. The molecular formula is C9H15F2NO2. The summed E-state index contributed by atoms with van der Waals surface area (Å²) in [4.78, 5) is 12.0. The summed E-state index contributed by atoms with van der Waals surface area (Å²) in [5.74, 6) is -4.35. The van der Waals surface area contributed by atoms with E-state index in [0.29, 0.717) is 19.4 Å². The normalized spacial score (nSPS) is 24.9. The highest BCUT2D eigenvalue weighted by atomic mass is 19.3. The summed E-state index contributed by atoms with van der Waals surface area (Å²) >= 11 is 0. The van der Waals surface area contributed by atoms with Crippen LogP contribution in [0.15, 0.2) is 0 Å². The number of halogens is 2. The van der Waals surface area contributed by atoms with Crippen LogP contribution in [0.4, 0.5) is 8.78 Å². The van der Waals surface area contributed by atoms with E-state index >= 15 is 0 Å². The molecule has 1 heterocycles. The number of carboxylic acids is 1. The fraction of sp³-hybridized carbons (Fsp3) is 0.889. The number of hydrogen-bond acceptors (Lipinski definition) is 2. The summed E-state index contributed by atoms with van der Waals surface area (Å²) < 4.78 is 25.9. The summed E-state index contributed by atoms with van der Waals surface area (Å²) in [6.07, 6.45) is 1.14. The topological polar surface area (TPSA) is 40.5 Å². The van der Waals surface area contributed by atoms with E-state index in [4.69, 9.17) is 5.11 Å². The minimum absolute atomic E-state index is 0.132. The van der Waals surface area contributed by atoms with Crippen molar-refractivity contribution in [3.63, 3.8) is 0 Å². The predicted molar refractivity (Wildman–Crippen MR) is 47.4 cm³/mol. The van der Waals surface area contributed by atoms with Gasteiger partial charge in [-0.1, -0.05) is 0 Å². The van der Waals surface area contributed by atoms with Gasteiger partial charge in [-0.2, -0.15) is 0 Å². The molecule has 1 saturated heterocycles. The Hall–Kier alpha value is -0.710. The van der Waals surface area contributed by atoms with E-state index in [2.05, 4.69) is 0 Å². The molecule has 0 bridgehead atoms. The summed E-state index contributed by atoms with van der Waals surface area (Å²) in [5.41, 5.74) is 0. The molecule has 82 valence electrons. The zero-order valence-electron chi connectivity index (χ0n) is 8.17. The summed E-state index contributed by atoms with van der Waals surface area (Å²) in [6.45, 7) is 1.57. The van der Waals surface area contributed by atoms with E-state index in [1.165, 1.54) is 0 Å². The van der Waals surface area contributed by atoms with E-state index in [1.54, 1.807) is 4.90 Å². The van der Waals surface area contributed by atoms with Crippen molar-refractivity contribution in [1.82, 2.24) is 4.90 Å². The maximum absolute atomic E-state index is 12.9. The predicted octanol–water partition coefficient (Wildman–Crippen LogP) is 1.44. The van der Waals surface area contributed by atoms with E-state index in [1.807, 2.05) is 0 Å². The molecular weight excluding hydrogens is 192 g/mol. The maximum Gasteiger partial charge on any atom is 0.317 e. The standard InChI is InChI=1S/C9H15F2NO2/c1-9(10,11)7-3-2-4-12(5-7)6-8(13)14/h7H,2-6H2,1H3,(H,13,14)/t7-/m0/s1. The monoisotopic (exact) mass is 207 g/mol. The molecule has 1 aliphatic rings. The van der Waals surface area contributed by atoms with Crippen LogP contribution in [0.1, 0.15) is 19.8 Å². The van der Waals surface area contributed by atoms with E-state index in [0.717, 1.165) is 6.92 Å². The molecule has 5 heteroatoms. The zero-order valence-corrected chi connectivity index (χ0v) is 8.17. The molecule has 0 spiro atoms. The molecule has 0 radical (unpaired) electrons. The van der Waals surface area contributed by atoms with Crippen LogP contribution in [0.25, 0.3) is 0 Å². The molecule has 1 N–H and O–H groups in total. The lowest BCUT2D eigenvalue weighted by Gasteiger charge is -2.34. The van der Waals surface area contributed by atoms with Gasteiger partial charge in [0.2, 0.25) is 5.92 Å². The van der Waals surface area contributed by atoms with Gasteiger partial charge < -0.3 is 5.11 Å². The second kappa shape index (κ2) is 4.21. The Bertz CT molecular complexity index is 215. The van der Waals surface area contributed by atoms with Crippen LogP contribution in [-0.2, 0) is 4.79 Å². The van der Waals surface area contributed by atoms with Gasteiger partial charge in [0, 0.05) is 12.5 Å². The van der Waals surface area contributed by atoms with Crippen molar-refractivity contribution in [2.75, 3.05) is 19.6 Å². The first-order valence-corrected chi connectivity index (χ1v) is 4.71. The van der Waals surface area contributed by atoms with Crippen LogP contribution in [0.5, 0.6) is 0 Å². The lowest BCUT2D eigenvalue weighted by atomic mass is 9.93. The molecule has 0 amide bonds. The first kappa shape index (κ1) is 11.4. The Labute approximate surface area is 81.7 Å².